The maximum Gasteiger partial charge on any atom is 0.343 e. The smallest absolute Gasteiger partial charge is 0.342 e. The Labute approximate surface area is 181 Å². The third kappa shape index (κ3) is 3.83. The van der Waals surface area contributed by atoms with E-state index in [-0.39, 0.29) is 40.3 Å². The number of hydrogen-bond acceptors (Lipinski definition) is 3. The summed E-state index contributed by atoms with van der Waals surface area (Å²) in [7, 11) is 0. The van der Waals surface area contributed by atoms with Crippen LogP contribution in [0, 0.1) is 29.3 Å². The second-order valence-corrected chi connectivity index (χ2v) is 8.49. The molecule has 1 atom stereocenters. The number of rotatable bonds is 5. The van der Waals surface area contributed by atoms with E-state index in [2.05, 4.69) is 10.2 Å². The molecule has 2 heterocycles. The maximum absolute atomic E-state index is 15.0. The Kier molecular flexibility index (Phi) is 5.11. The number of aromatic nitrogens is 3. The number of halogens is 3. The van der Waals surface area contributed by atoms with Crippen molar-refractivity contribution in [2.75, 3.05) is 13.1 Å². The summed E-state index contributed by atoms with van der Waals surface area (Å²) in [6, 6.07) is 7.17. The van der Waals surface area contributed by atoms with Crippen LogP contribution in [0.3, 0.4) is 0 Å². The molecule has 1 amide bonds. The Balaban J connectivity index is 1.39. The molecule has 2 aromatic carbocycles. The number of aromatic amines is 1. The van der Waals surface area contributed by atoms with E-state index in [9.17, 15) is 22.8 Å². The van der Waals surface area contributed by atoms with Gasteiger partial charge >= 0.3 is 5.69 Å². The average Bonchev–Trinajstić information content (AvgIpc) is 3.41. The summed E-state index contributed by atoms with van der Waals surface area (Å²) in [6.07, 6.45) is 2.66. The fourth-order valence-electron chi connectivity index (χ4n) is 4.31. The Morgan fingerprint density at radius 3 is 2.50 bits per heavy atom. The molecule has 0 spiro atoms. The van der Waals surface area contributed by atoms with Gasteiger partial charge in [0.15, 0.2) is 5.82 Å². The number of likely N-dealkylation sites (tertiary alicyclic amines) is 1. The number of carbonyl (C=O) groups excluding carboxylic acids is 1. The minimum Gasteiger partial charge on any atom is -0.342 e. The molecule has 1 saturated heterocycles. The number of hydrogen-bond donors (Lipinski definition) is 1. The first kappa shape index (κ1) is 20.5. The molecule has 6 nitrogen and oxygen atoms in total. The van der Waals surface area contributed by atoms with Crippen molar-refractivity contribution in [1.29, 1.82) is 0 Å². The lowest BCUT2D eigenvalue weighted by atomic mass is 10.0. The van der Waals surface area contributed by atoms with Gasteiger partial charge in [0, 0.05) is 37.2 Å². The number of carbonyl (C=O) groups is 1. The zero-order valence-corrected chi connectivity index (χ0v) is 17.2. The number of benzene rings is 2. The van der Waals surface area contributed by atoms with Gasteiger partial charge in [0.2, 0.25) is 5.91 Å². The van der Waals surface area contributed by atoms with Gasteiger partial charge in [0.1, 0.15) is 17.5 Å². The van der Waals surface area contributed by atoms with E-state index in [4.69, 9.17) is 0 Å². The van der Waals surface area contributed by atoms with Gasteiger partial charge in [-0.05, 0) is 55.0 Å². The van der Waals surface area contributed by atoms with E-state index in [1.165, 1.54) is 22.8 Å². The predicted molar refractivity (Wildman–Crippen MR) is 111 cm³/mol. The van der Waals surface area contributed by atoms with Crippen LogP contribution in [0.1, 0.15) is 19.3 Å². The number of nitrogens with one attached hydrogen (secondary N) is 1. The van der Waals surface area contributed by atoms with Gasteiger partial charge in [0.05, 0.1) is 5.56 Å². The molecule has 1 N–H and O–H groups in total. The van der Waals surface area contributed by atoms with Gasteiger partial charge < -0.3 is 4.90 Å². The summed E-state index contributed by atoms with van der Waals surface area (Å²) >= 11 is 0. The van der Waals surface area contributed by atoms with E-state index in [1.54, 1.807) is 0 Å². The molecule has 1 aliphatic heterocycles. The molecule has 2 fully saturated rings. The van der Waals surface area contributed by atoms with Gasteiger partial charge in [-0.1, -0.05) is 6.07 Å². The highest BCUT2D eigenvalue weighted by atomic mass is 19.1. The van der Waals surface area contributed by atoms with Crippen LogP contribution >= 0.6 is 0 Å². The van der Waals surface area contributed by atoms with Crippen LogP contribution < -0.4 is 5.69 Å². The Bertz CT molecular complexity index is 1250. The highest BCUT2D eigenvalue weighted by Gasteiger charge is 2.37. The second-order valence-electron chi connectivity index (χ2n) is 8.49. The van der Waals surface area contributed by atoms with Crippen LogP contribution in [-0.4, -0.2) is 38.7 Å². The van der Waals surface area contributed by atoms with Crippen molar-refractivity contribution in [2.24, 2.45) is 11.8 Å². The molecule has 0 bridgehead atoms. The number of amides is 1. The van der Waals surface area contributed by atoms with Gasteiger partial charge in [0.25, 0.3) is 0 Å². The normalized spacial score (nSPS) is 18.3. The highest BCUT2D eigenvalue weighted by molar-refractivity contribution is 5.81. The van der Waals surface area contributed by atoms with Crippen LogP contribution in [0.2, 0.25) is 0 Å². The molecule has 9 heteroatoms. The van der Waals surface area contributed by atoms with Gasteiger partial charge in [-0.15, -0.1) is 0 Å². The van der Waals surface area contributed by atoms with Gasteiger partial charge in [-0.25, -0.2) is 23.1 Å². The summed E-state index contributed by atoms with van der Waals surface area (Å²) in [4.78, 5) is 26.5. The Hall–Kier alpha value is -3.36. The minimum absolute atomic E-state index is 0.0717. The summed E-state index contributed by atoms with van der Waals surface area (Å²) in [5, 5.41) is 6.36. The summed E-state index contributed by atoms with van der Waals surface area (Å²) in [5.41, 5.74) is -0.0422. The van der Waals surface area contributed by atoms with Gasteiger partial charge in [-0.2, -0.15) is 5.10 Å². The van der Waals surface area contributed by atoms with E-state index in [1.807, 2.05) is 4.90 Å². The molecule has 3 aromatic rings. The van der Waals surface area contributed by atoms with Crippen LogP contribution in [0.5, 0.6) is 0 Å². The predicted octanol–water partition coefficient (Wildman–Crippen LogP) is 3.58. The fourth-order valence-corrected chi connectivity index (χ4v) is 4.31. The first-order chi connectivity index (χ1) is 15.4. The Morgan fingerprint density at radius 2 is 1.78 bits per heavy atom. The van der Waals surface area contributed by atoms with Crippen molar-refractivity contribution in [1.82, 2.24) is 19.7 Å². The van der Waals surface area contributed by atoms with Crippen LogP contribution in [0.15, 0.2) is 41.2 Å². The molecule has 5 rings (SSSR count). The zero-order valence-electron chi connectivity index (χ0n) is 17.2. The first-order valence-corrected chi connectivity index (χ1v) is 10.6. The van der Waals surface area contributed by atoms with Crippen molar-refractivity contribution < 1.29 is 18.0 Å². The first-order valence-electron chi connectivity index (χ1n) is 10.6. The third-order valence-corrected chi connectivity index (χ3v) is 6.18. The summed E-state index contributed by atoms with van der Waals surface area (Å²) < 4.78 is 43.6. The van der Waals surface area contributed by atoms with Crippen LogP contribution in [0.4, 0.5) is 13.2 Å². The SMILES string of the molecule is O=C(C1CC1)N1CCC(Cn2c(-c3ccc(-c4ccc(F)cc4F)cc3F)n[nH]c2=O)C1. The molecule has 1 unspecified atom stereocenters. The average molecular weight is 442 g/mol. The third-order valence-electron chi connectivity index (χ3n) is 6.18. The van der Waals surface area contributed by atoms with Crippen molar-refractivity contribution in [3.05, 3.63) is 64.3 Å². The standard InChI is InChI=1S/C23H21F3N4O2/c24-16-4-6-17(20(26)10-16)15-3-5-18(19(25)9-15)21-27-28-23(32)30(21)12-13-7-8-29(11-13)22(31)14-1-2-14/h3-6,9-10,13-14H,1-2,7-8,11-12H2,(H,28,32). The summed E-state index contributed by atoms with van der Waals surface area (Å²) in [5.74, 6) is -1.63. The van der Waals surface area contributed by atoms with E-state index in [0.717, 1.165) is 37.5 Å². The van der Waals surface area contributed by atoms with Crippen molar-refractivity contribution >= 4 is 5.91 Å². The lowest BCUT2D eigenvalue weighted by Gasteiger charge is -2.16. The highest BCUT2D eigenvalue weighted by Crippen LogP contribution is 2.33. The topological polar surface area (TPSA) is 71.0 Å². The van der Waals surface area contributed by atoms with Crippen molar-refractivity contribution in [3.8, 4) is 22.5 Å². The quantitative estimate of drug-likeness (QED) is 0.657. The zero-order chi connectivity index (χ0) is 22.4. The lowest BCUT2D eigenvalue weighted by Crippen LogP contribution is -2.31. The van der Waals surface area contributed by atoms with Gasteiger partial charge in [-0.3, -0.25) is 9.36 Å². The molecule has 32 heavy (non-hydrogen) atoms. The lowest BCUT2D eigenvalue weighted by molar-refractivity contribution is -0.131. The van der Waals surface area contributed by atoms with Crippen LogP contribution in [-0.2, 0) is 11.3 Å². The maximum atomic E-state index is 15.0. The molecular weight excluding hydrogens is 421 g/mol. The molecule has 2 aliphatic rings. The minimum atomic E-state index is -0.791. The molecule has 1 aromatic heterocycles. The molecule has 0 radical (unpaired) electrons. The largest absolute Gasteiger partial charge is 0.343 e. The fraction of sp³-hybridized carbons (Fsp3) is 0.348. The molecular formula is C23H21F3N4O2. The van der Waals surface area contributed by atoms with Crippen molar-refractivity contribution in [3.63, 3.8) is 0 Å². The molecule has 1 aliphatic carbocycles. The monoisotopic (exact) mass is 442 g/mol. The van der Waals surface area contributed by atoms with Crippen LogP contribution in [0.25, 0.3) is 22.5 Å². The number of nitrogens with zero attached hydrogens (tertiary/aromatic N) is 3. The van der Waals surface area contributed by atoms with Crippen molar-refractivity contribution in [2.45, 2.75) is 25.8 Å². The van der Waals surface area contributed by atoms with E-state index >= 15 is 0 Å². The molecule has 1 saturated carbocycles. The van der Waals surface area contributed by atoms with E-state index in [0.29, 0.717) is 19.6 Å². The summed E-state index contributed by atoms with van der Waals surface area (Å²) in [6.45, 7) is 1.54. The molecule has 166 valence electrons. The van der Waals surface area contributed by atoms with E-state index < -0.39 is 23.1 Å². The number of H-pyrrole nitrogens is 1. The Morgan fingerprint density at radius 1 is 1.03 bits per heavy atom. The second kappa shape index (κ2) is 7.96.